The summed E-state index contributed by atoms with van der Waals surface area (Å²) >= 11 is 0. The van der Waals surface area contributed by atoms with E-state index in [1.165, 1.54) is 0 Å². The molecular formula is C18H28N2O4. The number of piperidine rings is 1. The molecule has 6 nitrogen and oxygen atoms in total. The van der Waals surface area contributed by atoms with Gasteiger partial charge in [0.05, 0.1) is 27.0 Å². The number of benzene rings is 1. The maximum atomic E-state index is 12.4. The smallest absolute Gasteiger partial charge is 0.224 e. The standard InChI is InChI=1S/C18H28N2O4/c1-12(13-5-7-19-8-6-13)9-18(21)20-14-10-16(23-3)17(24-4)11-15(14)22-2/h10-13,19H,5-9H2,1-4H3,(H,20,21). The fraction of sp³-hybridized carbons (Fsp3) is 0.611. The number of anilines is 1. The first-order valence-corrected chi connectivity index (χ1v) is 8.39. The summed E-state index contributed by atoms with van der Waals surface area (Å²) in [5, 5.41) is 6.30. The van der Waals surface area contributed by atoms with Crippen LogP contribution in [0.4, 0.5) is 5.69 Å². The second-order valence-corrected chi connectivity index (χ2v) is 6.22. The summed E-state index contributed by atoms with van der Waals surface area (Å²) in [6.07, 6.45) is 2.77. The van der Waals surface area contributed by atoms with Gasteiger partial charge in [-0.2, -0.15) is 0 Å². The fourth-order valence-electron chi connectivity index (χ4n) is 3.20. The SMILES string of the molecule is COc1cc(OC)c(OC)cc1NC(=O)CC(C)C1CCNCC1. The Morgan fingerprint density at radius 1 is 1.12 bits per heavy atom. The molecule has 2 rings (SSSR count). The van der Waals surface area contributed by atoms with E-state index in [1.807, 2.05) is 0 Å². The number of hydrogen-bond donors (Lipinski definition) is 2. The van der Waals surface area contributed by atoms with Crippen LogP contribution in [0.25, 0.3) is 0 Å². The molecule has 1 aromatic carbocycles. The molecule has 1 aromatic rings. The minimum atomic E-state index is -0.00782. The number of nitrogens with one attached hydrogen (secondary N) is 2. The first-order valence-electron chi connectivity index (χ1n) is 8.39. The minimum absolute atomic E-state index is 0.00782. The zero-order valence-corrected chi connectivity index (χ0v) is 15.0. The molecule has 0 spiro atoms. The number of methoxy groups -OCH3 is 3. The number of carbonyl (C=O) groups is 1. The van der Waals surface area contributed by atoms with E-state index in [2.05, 4.69) is 17.6 Å². The van der Waals surface area contributed by atoms with Gasteiger partial charge < -0.3 is 24.8 Å². The van der Waals surface area contributed by atoms with E-state index in [0.717, 1.165) is 25.9 Å². The van der Waals surface area contributed by atoms with E-state index >= 15 is 0 Å². The van der Waals surface area contributed by atoms with Gasteiger partial charge in [0.1, 0.15) is 5.75 Å². The molecule has 134 valence electrons. The molecule has 1 atom stereocenters. The lowest BCUT2D eigenvalue weighted by atomic mass is 9.84. The van der Waals surface area contributed by atoms with Crippen LogP contribution in [0.3, 0.4) is 0 Å². The highest BCUT2D eigenvalue weighted by molar-refractivity contribution is 5.93. The van der Waals surface area contributed by atoms with Crippen LogP contribution in [0.5, 0.6) is 17.2 Å². The maximum absolute atomic E-state index is 12.4. The number of carbonyl (C=O) groups excluding carboxylic acids is 1. The Morgan fingerprint density at radius 3 is 2.29 bits per heavy atom. The van der Waals surface area contributed by atoms with E-state index in [-0.39, 0.29) is 5.91 Å². The highest BCUT2D eigenvalue weighted by Gasteiger charge is 2.23. The van der Waals surface area contributed by atoms with Crippen molar-refractivity contribution in [3.05, 3.63) is 12.1 Å². The molecule has 0 aromatic heterocycles. The number of rotatable bonds is 7. The van der Waals surface area contributed by atoms with Crippen molar-refractivity contribution in [1.82, 2.24) is 5.32 Å². The van der Waals surface area contributed by atoms with Gasteiger partial charge in [-0.05, 0) is 37.8 Å². The summed E-state index contributed by atoms with van der Waals surface area (Å²) in [7, 11) is 4.69. The van der Waals surface area contributed by atoms with Crippen molar-refractivity contribution in [2.45, 2.75) is 26.2 Å². The van der Waals surface area contributed by atoms with E-state index in [4.69, 9.17) is 14.2 Å². The molecule has 0 radical (unpaired) electrons. The normalized spacial score (nSPS) is 16.3. The lowest BCUT2D eigenvalue weighted by Gasteiger charge is -2.28. The Hall–Kier alpha value is -1.95. The average Bonchev–Trinajstić information content (AvgIpc) is 2.61. The van der Waals surface area contributed by atoms with Gasteiger partial charge in [0.2, 0.25) is 5.91 Å². The van der Waals surface area contributed by atoms with Gasteiger partial charge in [-0.25, -0.2) is 0 Å². The van der Waals surface area contributed by atoms with Crippen molar-refractivity contribution in [3.63, 3.8) is 0 Å². The quantitative estimate of drug-likeness (QED) is 0.801. The molecule has 1 aliphatic rings. The Kier molecular flexibility index (Phi) is 6.73. The average molecular weight is 336 g/mol. The molecular weight excluding hydrogens is 308 g/mol. The summed E-state index contributed by atoms with van der Waals surface area (Å²) in [6.45, 7) is 4.24. The summed E-state index contributed by atoms with van der Waals surface area (Å²) in [4.78, 5) is 12.4. The van der Waals surface area contributed by atoms with Crippen LogP contribution < -0.4 is 24.8 Å². The van der Waals surface area contributed by atoms with E-state index in [0.29, 0.717) is 41.2 Å². The molecule has 2 N–H and O–H groups in total. The second kappa shape index (κ2) is 8.78. The molecule has 24 heavy (non-hydrogen) atoms. The van der Waals surface area contributed by atoms with Crippen molar-refractivity contribution < 1.29 is 19.0 Å². The summed E-state index contributed by atoms with van der Waals surface area (Å²) in [5.41, 5.74) is 0.595. The molecule has 1 unspecified atom stereocenters. The van der Waals surface area contributed by atoms with Gasteiger partial charge in [-0.3, -0.25) is 4.79 Å². The predicted molar refractivity (Wildman–Crippen MR) is 94.1 cm³/mol. The molecule has 1 heterocycles. The highest BCUT2D eigenvalue weighted by Crippen LogP contribution is 2.38. The molecule has 0 saturated carbocycles. The maximum Gasteiger partial charge on any atom is 0.224 e. The van der Waals surface area contributed by atoms with Crippen molar-refractivity contribution in [3.8, 4) is 17.2 Å². The number of ether oxygens (including phenoxy) is 3. The minimum Gasteiger partial charge on any atom is -0.494 e. The first kappa shape index (κ1) is 18.4. The third kappa shape index (κ3) is 4.54. The largest absolute Gasteiger partial charge is 0.494 e. The van der Waals surface area contributed by atoms with Crippen molar-refractivity contribution >= 4 is 11.6 Å². The third-order valence-corrected chi connectivity index (χ3v) is 4.68. The van der Waals surface area contributed by atoms with Gasteiger partial charge in [-0.1, -0.05) is 6.92 Å². The van der Waals surface area contributed by atoms with Gasteiger partial charge in [0.15, 0.2) is 11.5 Å². The van der Waals surface area contributed by atoms with E-state index in [1.54, 1.807) is 33.5 Å². The Labute approximate surface area is 143 Å². The van der Waals surface area contributed by atoms with Crippen molar-refractivity contribution in [2.75, 3.05) is 39.7 Å². The predicted octanol–water partition coefficient (Wildman–Crippen LogP) is 2.68. The lowest BCUT2D eigenvalue weighted by Crippen LogP contribution is -2.32. The molecule has 0 bridgehead atoms. The Bertz CT molecular complexity index is 556. The van der Waals surface area contributed by atoms with Crippen LogP contribution >= 0.6 is 0 Å². The Balaban J connectivity index is 2.04. The third-order valence-electron chi connectivity index (χ3n) is 4.68. The summed E-state index contributed by atoms with van der Waals surface area (Å²) in [5.74, 6) is 2.63. The van der Waals surface area contributed by atoms with Gasteiger partial charge >= 0.3 is 0 Å². The zero-order chi connectivity index (χ0) is 17.5. The van der Waals surface area contributed by atoms with Crippen LogP contribution in [0.15, 0.2) is 12.1 Å². The van der Waals surface area contributed by atoms with Crippen LogP contribution in [-0.2, 0) is 4.79 Å². The highest BCUT2D eigenvalue weighted by atomic mass is 16.5. The van der Waals surface area contributed by atoms with Gasteiger partial charge in [0, 0.05) is 18.6 Å². The summed E-state index contributed by atoms with van der Waals surface area (Å²) < 4.78 is 15.9. The van der Waals surface area contributed by atoms with Crippen molar-refractivity contribution in [1.29, 1.82) is 0 Å². The van der Waals surface area contributed by atoms with Crippen LogP contribution in [-0.4, -0.2) is 40.3 Å². The molecule has 6 heteroatoms. The topological polar surface area (TPSA) is 68.8 Å². The molecule has 1 fully saturated rings. The lowest BCUT2D eigenvalue weighted by molar-refractivity contribution is -0.117. The molecule has 1 aliphatic heterocycles. The monoisotopic (exact) mass is 336 g/mol. The Morgan fingerprint density at radius 2 is 1.71 bits per heavy atom. The van der Waals surface area contributed by atoms with Crippen LogP contribution in [0.1, 0.15) is 26.2 Å². The van der Waals surface area contributed by atoms with Crippen LogP contribution in [0.2, 0.25) is 0 Å². The summed E-state index contributed by atoms with van der Waals surface area (Å²) in [6, 6.07) is 3.44. The van der Waals surface area contributed by atoms with Gasteiger partial charge in [-0.15, -0.1) is 0 Å². The van der Waals surface area contributed by atoms with E-state index < -0.39 is 0 Å². The zero-order valence-electron chi connectivity index (χ0n) is 15.0. The molecule has 1 saturated heterocycles. The number of amides is 1. The molecule has 1 amide bonds. The van der Waals surface area contributed by atoms with E-state index in [9.17, 15) is 4.79 Å². The van der Waals surface area contributed by atoms with Gasteiger partial charge in [0.25, 0.3) is 0 Å². The first-order chi connectivity index (χ1) is 11.6. The van der Waals surface area contributed by atoms with Crippen LogP contribution in [0, 0.1) is 11.8 Å². The second-order valence-electron chi connectivity index (χ2n) is 6.22. The molecule has 0 aliphatic carbocycles. The fourth-order valence-corrected chi connectivity index (χ4v) is 3.20. The van der Waals surface area contributed by atoms with Crippen molar-refractivity contribution in [2.24, 2.45) is 11.8 Å². The number of hydrogen-bond acceptors (Lipinski definition) is 5.